The number of benzene rings is 6. The van der Waals surface area contributed by atoms with Crippen molar-refractivity contribution in [1.82, 2.24) is 0 Å². The number of rotatable bonds is 6. The van der Waals surface area contributed by atoms with Crippen molar-refractivity contribution >= 4 is 28.0 Å². The Morgan fingerprint density at radius 3 is 1.53 bits per heavy atom. The fraction of sp³-hybridized carbons (Fsp3) is 0.255. The summed E-state index contributed by atoms with van der Waals surface area (Å²) >= 11 is 1.55. The molecule has 58 heavy (non-hydrogen) atoms. The van der Waals surface area contributed by atoms with E-state index in [2.05, 4.69) is 201 Å². The molecule has 0 aliphatic heterocycles. The molecule has 0 saturated heterocycles. The maximum absolute atomic E-state index is 3.91. The number of fused-ring (bicyclic) bond motifs is 3. The Hall–Kier alpha value is -3.87. The molecule has 0 unspecified atom stereocenters. The van der Waals surface area contributed by atoms with Gasteiger partial charge in [0.25, 0.3) is 0 Å². The summed E-state index contributed by atoms with van der Waals surface area (Å²) in [6.45, 7) is 18.2. The molecule has 3 heteroatoms. The molecule has 8 rings (SSSR count). The summed E-state index contributed by atoms with van der Waals surface area (Å²) in [5.41, 5.74) is 19.0. The minimum atomic E-state index is 0. The molecular formula is C55H58Cl2Zr. The van der Waals surface area contributed by atoms with Crippen LogP contribution in [0.4, 0.5) is 0 Å². The van der Waals surface area contributed by atoms with Crippen LogP contribution in [0.3, 0.4) is 0 Å². The van der Waals surface area contributed by atoms with Crippen molar-refractivity contribution in [1.29, 1.82) is 0 Å². The Labute approximate surface area is 377 Å². The Bertz CT molecular complexity index is 2150. The Kier molecular flexibility index (Phi) is 16.9. The normalized spacial score (nSPS) is 12.2. The molecule has 0 spiro atoms. The van der Waals surface area contributed by atoms with Gasteiger partial charge in [-0.05, 0) is 53.4 Å². The van der Waals surface area contributed by atoms with Gasteiger partial charge in [-0.3, -0.25) is 6.08 Å². The van der Waals surface area contributed by atoms with E-state index in [1.54, 1.807) is 27.4 Å². The van der Waals surface area contributed by atoms with E-state index in [9.17, 15) is 0 Å². The van der Waals surface area contributed by atoms with E-state index in [0.29, 0.717) is 0 Å². The topological polar surface area (TPSA) is 0 Å². The molecule has 6 aromatic rings. The van der Waals surface area contributed by atoms with E-state index >= 15 is 0 Å². The Balaban J connectivity index is 0.000000268. The van der Waals surface area contributed by atoms with E-state index in [4.69, 9.17) is 0 Å². The van der Waals surface area contributed by atoms with Crippen LogP contribution >= 0.6 is 24.8 Å². The summed E-state index contributed by atoms with van der Waals surface area (Å²) in [5.74, 6) is 0. The first-order chi connectivity index (χ1) is 26.8. The number of halogens is 2. The number of aryl methyl sites for hydroxylation is 2. The molecule has 0 heterocycles. The van der Waals surface area contributed by atoms with Crippen LogP contribution in [0, 0.1) is 26.0 Å². The average Bonchev–Trinajstić information content (AvgIpc) is 3.87. The van der Waals surface area contributed by atoms with Crippen LogP contribution in [0.1, 0.15) is 92.5 Å². The van der Waals surface area contributed by atoms with Gasteiger partial charge in [-0.1, -0.05) is 130 Å². The van der Waals surface area contributed by atoms with Crippen LogP contribution in [-0.4, -0.2) is 3.21 Å². The van der Waals surface area contributed by atoms with Gasteiger partial charge in [0.1, 0.15) is 0 Å². The molecule has 2 aliphatic carbocycles. The molecule has 2 aliphatic rings. The second-order valence-corrected chi connectivity index (χ2v) is 19.1. The quantitative estimate of drug-likeness (QED) is 0.146. The number of hydrogen-bond donors (Lipinski definition) is 0. The molecule has 0 saturated carbocycles. The van der Waals surface area contributed by atoms with Crippen LogP contribution in [0.25, 0.3) is 33.4 Å². The van der Waals surface area contributed by atoms with Crippen molar-refractivity contribution in [2.24, 2.45) is 0 Å². The third-order valence-corrected chi connectivity index (χ3v) is 11.4. The Morgan fingerprint density at radius 1 is 0.586 bits per heavy atom. The standard InChI is InChI=1S/C35H37.C15H14.C5H5.2ClH.Zr/c1-22-9-13-24(14-10-22)30-18-26-17-27-19-31(25-15-11-23(2)12-16-25)33(35(6,7)8)21-29(27)28(26)20-32(30)34(3,4)5;1-3-8-14(9-4-1)12-7-13-15-10-5-2-6-11-15;1-2-4-5-3-1;;;/h9-16,18,20-21H,17H2,1-8H3;1-6,8-11H,12-13H2;1-3H,4H2;2*1H;/q-1;;-1;;;+2. The van der Waals surface area contributed by atoms with Crippen molar-refractivity contribution in [2.45, 2.75) is 91.9 Å². The first-order valence-electron chi connectivity index (χ1n) is 20.0. The van der Waals surface area contributed by atoms with E-state index < -0.39 is 0 Å². The van der Waals surface area contributed by atoms with E-state index in [-0.39, 0.29) is 35.6 Å². The molecule has 0 nitrogen and oxygen atoms in total. The van der Waals surface area contributed by atoms with Crippen molar-refractivity contribution in [3.8, 4) is 33.4 Å². The predicted octanol–water partition coefficient (Wildman–Crippen LogP) is 14.9. The van der Waals surface area contributed by atoms with Gasteiger partial charge in [0.15, 0.2) is 0 Å². The van der Waals surface area contributed by atoms with Crippen molar-refractivity contribution in [3.63, 3.8) is 0 Å². The molecule has 296 valence electrons. The number of allylic oxidation sites excluding steroid dienone is 4. The fourth-order valence-corrected chi connectivity index (χ4v) is 8.42. The summed E-state index contributed by atoms with van der Waals surface area (Å²) in [4.78, 5) is 0. The summed E-state index contributed by atoms with van der Waals surface area (Å²) in [6, 6.07) is 50.6. The van der Waals surface area contributed by atoms with Gasteiger partial charge in [0.2, 0.25) is 0 Å². The molecular weight excluding hydrogens is 823 g/mol. The summed E-state index contributed by atoms with van der Waals surface area (Å²) < 4.78 is 1.60. The van der Waals surface area contributed by atoms with Crippen molar-refractivity contribution in [2.75, 3.05) is 0 Å². The van der Waals surface area contributed by atoms with Crippen molar-refractivity contribution in [3.05, 3.63) is 202 Å². The second-order valence-electron chi connectivity index (χ2n) is 17.3. The molecule has 0 amide bonds. The third-order valence-electron chi connectivity index (χ3n) is 10.5. The van der Waals surface area contributed by atoms with Gasteiger partial charge in [0.05, 0.1) is 0 Å². The molecule has 0 bridgehead atoms. The minimum absolute atomic E-state index is 0. The van der Waals surface area contributed by atoms with Gasteiger partial charge in [-0.25, -0.2) is 12.2 Å². The predicted molar refractivity (Wildman–Crippen MR) is 253 cm³/mol. The van der Waals surface area contributed by atoms with Gasteiger partial charge in [0, 0.05) is 0 Å². The van der Waals surface area contributed by atoms with Crippen LogP contribution < -0.4 is 0 Å². The zero-order valence-electron chi connectivity index (χ0n) is 35.5. The van der Waals surface area contributed by atoms with Crippen LogP contribution in [0.5, 0.6) is 0 Å². The summed E-state index contributed by atoms with van der Waals surface area (Å²) in [5, 5.41) is 0. The third kappa shape index (κ3) is 12.3. The molecule has 0 fully saturated rings. The van der Waals surface area contributed by atoms with Gasteiger partial charge >= 0.3 is 112 Å². The summed E-state index contributed by atoms with van der Waals surface area (Å²) in [7, 11) is 0. The SMILES string of the molecule is Cc1ccc(-c2[c-]c3c(cc2C(C)(C)C)-c2cc(C(C)(C)C)c(-c4ccc(C)cc4)cc2C3)cc1.Cl.Cl.[C-]1=CC=CC1.[Zr+2]=[C](Cc1ccccc1)Cc1ccccc1. The van der Waals surface area contributed by atoms with E-state index in [1.807, 2.05) is 12.2 Å². The van der Waals surface area contributed by atoms with Gasteiger partial charge in [-0.15, -0.1) is 60.1 Å². The molecule has 0 radical (unpaired) electrons. The zero-order valence-corrected chi connectivity index (χ0v) is 39.6. The monoisotopic (exact) mass is 878 g/mol. The fourth-order valence-electron chi connectivity index (χ4n) is 7.42. The molecule has 6 aromatic carbocycles. The Morgan fingerprint density at radius 2 is 1.09 bits per heavy atom. The van der Waals surface area contributed by atoms with Crippen LogP contribution in [-0.2, 0) is 54.3 Å². The maximum atomic E-state index is 3.91. The molecule has 0 N–H and O–H groups in total. The molecule has 0 aromatic heterocycles. The summed E-state index contributed by atoms with van der Waals surface area (Å²) in [6.07, 6.45) is 13.2. The number of hydrogen-bond acceptors (Lipinski definition) is 0. The van der Waals surface area contributed by atoms with Crippen LogP contribution in [0.15, 0.2) is 146 Å². The average molecular weight is 881 g/mol. The van der Waals surface area contributed by atoms with Gasteiger partial charge < -0.3 is 0 Å². The first kappa shape index (κ1) is 46.8. The van der Waals surface area contributed by atoms with E-state index in [1.165, 1.54) is 77.9 Å². The van der Waals surface area contributed by atoms with Crippen LogP contribution in [0.2, 0.25) is 0 Å². The molecule has 0 atom stereocenters. The van der Waals surface area contributed by atoms with Gasteiger partial charge in [-0.2, -0.15) is 6.08 Å². The zero-order chi connectivity index (χ0) is 39.9. The van der Waals surface area contributed by atoms with Crippen molar-refractivity contribution < 1.29 is 24.2 Å². The van der Waals surface area contributed by atoms with E-state index in [0.717, 1.165) is 25.7 Å². The first-order valence-corrected chi connectivity index (χ1v) is 21.3. The second kappa shape index (κ2) is 20.9.